The average Bonchev–Trinajstić information content (AvgIpc) is 2.63. The average molecular weight is 515 g/mol. The number of benzene rings is 1. The van der Waals surface area contributed by atoms with Gasteiger partial charge in [0.05, 0.1) is 6.54 Å². The number of guanidine groups is 1. The number of amides is 1. The van der Waals surface area contributed by atoms with E-state index in [-0.39, 0.29) is 41.3 Å². The van der Waals surface area contributed by atoms with E-state index >= 15 is 0 Å². The topological polar surface area (TPSA) is 60.0 Å². The van der Waals surface area contributed by atoms with E-state index in [9.17, 15) is 4.79 Å². The molecular weight excluding hydrogens is 477 g/mol. The maximum atomic E-state index is 12.0. The highest BCUT2D eigenvalue weighted by Gasteiger charge is 2.24. The number of carbonyl (C=O) groups excluding carboxylic acids is 1. The Hall–Kier alpha value is -1.35. The first-order valence-electron chi connectivity index (χ1n) is 10.3. The van der Waals surface area contributed by atoms with Gasteiger partial charge >= 0.3 is 0 Å². The highest BCUT2D eigenvalue weighted by Crippen LogP contribution is 2.20. The zero-order valence-corrected chi connectivity index (χ0v) is 20.9. The third kappa shape index (κ3) is 9.33. The molecule has 0 aromatic heterocycles. The monoisotopic (exact) mass is 515 g/mol. The van der Waals surface area contributed by atoms with Crippen LogP contribution in [0.15, 0.2) is 35.3 Å². The van der Waals surface area contributed by atoms with Crippen LogP contribution in [0.25, 0.3) is 0 Å². The van der Waals surface area contributed by atoms with Crippen LogP contribution in [0.3, 0.4) is 0 Å². The summed E-state index contributed by atoms with van der Waals surface area (Å²) in [5.74, 6) is 1.06. The van der Waals surface area contributed by atoms with Crippen LogP contribution < -0.4 is 10.6 Å². The lowest BCUT2D eigenvalue weighted by Gasteiger charge is -2.37. The molecular formula is C22H38IN5O. The van der Waals surface area contributed by atoms with Crippen molar-refractivity contribution in [2.24, 2.45) is 10.4 Å². The third-order valence-corrected chi connectivity index (χ3v) is 4.95. The van der Waals surface area contributed by atoms with E-state index in [4.69, 9.17) is 0 Å². The number of hydrogen-bond donors (Lipinski definition) is 2. The number of hydrogen-bond acceptors (Lipinski definition) is 3. The Morgan fingerprint density at radius 1 is 1.14 bits per heavy atom. The van der Waals surface area contributed by atoms with Crippen LogP contribution in [0.1, 0.15) is 33.3 Å². The lowest BCUT2D eigenvalue weighted by molar-refractivity contribution is -0.123. The molecule has 2 rings (SSSR count). The summed E-state index contributed by atoms with van der Waals surface area (Å²) in [5, 5.41) is 6.52. The van der Waals surface area contributed by atoms with Gasteiger partial charge in [-0.05, 0) is 31.2 Å². The highest BCUT2D eigenvalue weighted by molar-refractivity contribution is 14.0. The standard InChI is InChI=1S/C22H37N5O.HI/c1-18(2)25-20(28)16-26-11-13-27(14-12-26)21(23-5)24-17-22(3,4)15-19-9-7-6-8-10-19;/h6-10,18H,11-17H2,1-5H3,(H,23,24)(H,25,28);1H. The molecule has 2 N–H and O–H groups in total. The number of nitrogens with one attached hydrogen (secondary N) is 2. The quantitative estimate of drug-likeness (QED) is 0.333. The van der Waals surface area contributed by atoms with E-state index < -0.39 is 0 Å². The molecule has 1 aromatic rings. The molecule has 0 unspecified atom stereocenters. The number of nitrogens with zero attached hydrogens (tertiary/aromatic N) is 3. The summed E-state index contributed by atoms with van der Waals surface area (Å²) in [7, 11) is 1.84. The third-order valence-electron chi connectivity index (χ3n) is 4.95. The fourth-order valence-electron chi connectivity index (χ4n) is 3.55. The largest absolute Gasteiger partial charge is 0.356 e. The zero-order chi connectivity index (χ0) is 20.6. The molecule has 1 heterocycles. The van der Waals surface area contributed by atoms with Crippen molar-refractivity contribution in [1.29, 1.82) is 0 Å². The molecule has 0 spiro atoms. The van der Waals surface area contributed by atoms with Crippen molar-refractivity contribution >= 4 is 35.8 Å². The normalized spacial score (nSPS) is 15.8. The van der Waals surface area contributed by atoms with Crippen LogP contribution in [0.2, 0.25) is 0 Å². The van der Waals surface area contributed by atoms with Crippen LogP contribution >= 0.6 is 24.0 Å². The van der Waals surface area contributed by atoms with Gasteiger partial charge in [-0.25, -0.2) is 0 Å². The van der Waals surface area contributed by atoms with Crippen molar-refractivity contribution in [2.75, 3.05) is 46.3 Å². The molecule has 1 aliphatic heterocycles. The van der Waals surface area contributed by atoms with Gasteiger partial charge in [0.15, 0.2) is 5.96 Å². The van der Waals surface area contributed by atoms with Gasteiger partial charge in [-0.3, -0.25) is 14.7 Å². The van der Waals surface area contributed by atoms with Crippen molar-refractivity contribution in [3.63, 3.8) is 0 Å². The summed E-state index contributed by atoms with van der Waals surface area (Å²) in [6.07, 6.45) is 1.02. The van der Waals surface area contributed by atoms with Crippen molar-refractivity contribution < 1.29 is 4.79 Å². The maximum absolute atomic E-state index is 12.0. The summed E-state index contributed by atoms with van der Waals surface area (Å²) in [4.78, 5) is 20.9. The van der Waals surface area contributed by atoms with E-state index in [1.54, 1.807) is 0 Å². The molecule has 1 aromatic carbocycles. The van der Waals surface area contributed by atoms with Crippen LogP contribution in [0.4, 0.5) is 0 Å². The Bertz CT molecular complexity index is 640. The van der Waals surface area contributed by atoms with Gasteiger partial charge in [-0.2, -0.15) is 0 Å². The minimum atomic E-state index is 0. The first kappa shape index (κ1) is 25.7. The highest BCUT2D eigenvalue weighted by atomic mass is 127. The van der Waals surface area contributed by atoms with Gasteiger partial charge < -0.3 is 15.5 Å². The number of carbonyl (C=O) groups is 1. The number of piperazine rings is 1. The molecule has 1 fully saturated rings. The summed E-state index contributed by atoms with van der Waals surface area (Å²) in [6.45, 7) is 13.4. The fraction of sp³-hybridized carbons (Fsp3) is 0.636. The van der Waals surface area contributed by atoms with E-state index in [0.29, 0.717) is 6.54 Å². The maximum Gasteiger partial charge on any atom is 0.234 e. The molecule has 1 aliphatic rings. The molecule has 0 atom stereocenters. The molecule has 164 valence electrons. The Morgan fingerprint density at radius 2 is 1.76 bits per heavy atom. The Labute approximate surface area is 193 Å². The summed E-state index contributed by atoms with van der Waals surface area (Å²) >= 11 is 0. The first-order valence-corrected chi connectivity index (χ1v) is 10.3. The molecule has 7 heteroatoms. The smallest absolute Gasteiger partial charge is 0.234 e. The van der Waals surface area contributed by atoms with Crippen molar-refractivity contribution in [1.82, 2.24) is 20.4 Å². The molecule has 0 saturated carbocycles. The van der Waals surface area contributed by atoms with E-state index in [1.807, 2.05) is 20.9 Å². The van der Waals surface area contributed by atoms with Gasteiger partial charge in [-0.1, -0.05) is 44.2 Å². The Kier molecular flexibility index (Phi) is 11.0. The minimum absolute atomic E-state index is 0. The Balaban J connectivity index is 0.00000420. The second-order valence-electron chi connectivity index (χ2n) is 8.71. The van der Waals surface area contributed by atoms with Crippen molar-refractivity contribution in [2.45, 2.75) is 40.2 Å². The molecule has 1 saturated heterocycles. The number of aliphatic imine (C=N–C) groups is 1. The zero-order valence-electron chi connectivity index (χ0n) is 18.6. The molecule has 0 aliphatic carbocycles. The fourth-order valence-corrected chi connectivity index (χ4v) is 3.55. The molecule has 1 amide bonds. The predicted molar refractivity (Wildman–Crippen MR) is 132 cm³/mol. The van der Waals surface area contributed by atoms with Gasteiger partial charge in [0.2, 0.25) is 5.91 Å². The van der Waals surface area contributed by atoms with Crippen LogP contribution in [-0.2, 0) is 11.2 Å². The van der Waals surface area contributed by atoms with Crippen LogP contribution in [0.5, 0.6) is 0 Å². The predicted octanol–water partition coefficient (Wildman–Crippen LogP) is 2.59. The SMILES string of the molecule is CN=C(NCC(C)(C)Cc1ccccc1)N1CCN(CC(=O)NC(C)C)CC1.I. The lowest BCUT2D eigenvalue weighted by atomic mass is 9.86. The molecule has 0 bridgehead atoms. The molecule has 29 heavy (non-hydrogen) atoms. The van der Waals surface area contributed by atoms with E-state index in [0.717, 1.165) is 45.1 Å². The second kappa shape index (κ2) is 12.4. The lowest BCUT2D eigenvalue weighted by Crippen LogP contribution is -2.55. The summed E-state index contributed by atoms with van der Waals surface area (Å²) < 4.78 is 0. The summed E-state index contributed by atoms with van der Waals surface area (Å²) in [6, 6.07) is 10.8. The van der Waals surface area contributed by atoms with Gasteiger partial charge in [-0.15, -0.1) is 24.0 Å². The minimum Gasteiger partial charge on any atom is -0.356 e. The van der Waals surface area contributed by atoms with Crippen LogP contribution in [-0.4, -0.2) is 74.0 Å². The number of halogens is 1. The van der Waals surface area contributed by atoms with Gasteiger partial charge in [0.25, 0.3) is 0 Å². The van der Waals surface area contributed by atoms with E-state index in [1.165, 1.54) is 5.56 Å². The number of rotatable bonds is 7. The van der Waals surface area contributed by atoms with Crippen molar-refractivity contribution in [3.8, 4) is 0 Å². The molecule has 6 nitrogen and oxygen atoms in total. The van der Waals surface area contributed by atoms with Gasteiger partial charge in [0.1, 0.15) is 0 Å². The molecule has 0 radical (unpaired) electrons. The Morgan fingerprint density at radius 3 is 2.31 bits per heavy atom. The van der Waals surface area contributed by atoms with Crippen molar-refractivity contribution in [3.05, 3.63) is 35.9 Å². The van der Waals surface area contributed by atoms with Gasteiger partial charge in [0, 0.05) is 45.8 Å². The summed E-state index contributed by atoms with van der Waals surface area (Å²) in [5.41, 5.74) is 1.49. The van der Waals surface area contributed by atoms with Crippen LogP contribution in [0, 0.1) is 5.41 Å². The first-order chi connectivity index (χ1) is 13.3. The van der Waals surface area contributed by atoms with E-state index in [2.05, 4.69) is 69.6 Å². The second-order valence-corrected chi connectivity index (χ2v) is 8.71.